The quantitative estimate of drug-likeness (QED) is 0.840. The lowest BCUT2D eigenvalue weighted by molar-refractivity contribution is -0.122. The number of rotatable bonds is 5. The van der Waals surface area contributed by atoms with Crippen molar-refractivity contribution in [1.29, 1.82) is 0 Å². The van der Waals surface area contributed by atoms with Gasteiger partial charge in [0.05, 0.1) is 18.7 Å². The molecule has 7 nitrogen and oxygen atoms in total. The van der Waals surface area contributed by atoms with Crippen LogP contribution in [-0.2, 0) is 9.59 Å². The number of halogens is 1. The Morgan fingerprint density at radius 1 is 1.42 bits per heavy atom. The van der Waals surface area contributed by atoms with Gasteiger partial charge >= 0.3 is 0 Å². The summed E-state index contributed by atoms with van der Waals surface area (Å²) in [5.74, 6) is -0.0803. The molecule has 1 aliphatic rings. The first-order chi connectivity index (χ1) is 12.4. The highest BCUT2D eigenvalue weighted by Gasteiger charge is 2.36. The summed E-state index contributed by atoms with van der Waals surface area (Å²) in [6.45, 7) is 4.28. The maximum atomic E-state index is 12.5. The van der Waals surface area contributed by atoms with Gasteiger partial charge in [-0.25, -0.2) is 0 Å². The number of ether oxygens (including phenoxy) is 1. The minimum atomic E-state index is -0.474. The summed E-state index contributed by atoms with van der Waals surface area (Å²) >= 11 is 7.39. The monoisotopic (exact) mass is 394 g/mol. The van der Waals surface area contributed by atoms with Crippen LogP contribution in [0.2, 0.25) is 5.02 Å². The Labute approximate surface area is 160 Å². The fourth-order valence-electron chi connectivity index (χ4n) is 2.72. The number of amides is 2. The van der Waals surface area contributed by atoms with Crippen LogP contribution in [0.25, 0.3) is 0 Å². The van der Waals surface area contributed by atoms with Crippen molar-refractivity contribution in [3.05, 3.63) is 28.2 Å². The van der Waals surface area contributed by atoms with Gasteiger partial charge in [-0.05, 0) is 18.2 Å². The Morgan fingerprint density at radius 3 is 2.85 bits per heavy atom. The molecule has 9 heteroatoms. The smallest absolute Gasteiger partial charge is 0.231 e. The molecule has 2 heterocycles. The van der Waals surface area contributed by atoms with Crippen molar-refractivity contribution in [2.75, 3.05) is 23.9 Å². The van der Waals surface area contributed by atoms with E-state index in [0.717, 1.165) is 5.01 Å². The number of aromatic nitrogens is 2. The summed E-state index contributed by atoms with van der Waals surface area (Å²) in [5.41, 5.74) is 0.568. The molecule has 1 N–H and O–H groups in total. The summed E-state index contributed by atoms with van der Waals surface area (Å²) in [5, 5.41) is 12.6. The third-order valence-electron chi connectivity index (χ3n) is 4.09. The molecule has 1 saturated heterocycles. The van der Waals surface area contributed by atoms with Gasteiger partial charge in [0.25, 0.3) is 0 Å². The fraction of sp³-hybridized carbons (Fsp3) is 0.412. The van der Waals surface area contributed by atoms with Gasteiger partial charge in [-0.1, -0.05) is 36.8 Å². The van der Waals surface area contributed by atoms with Gasteiger partial charge in [0.2, 0.25) is 16.9 Å². The van der Waals surface area contributed by atoms with Crippen molar-refractivity contribution in [3.63, 3.8) is 0 Å². The van der Waals surface area contributed by atoms with E-state index in [-0.39, 0.29) is 30.7 Å². The minimum absolute atomic E-state index is 0.122. The van der Waals surface area contributed by atoms with Gasteiger partial charge < -0.3 is 15.0 Å². The molecule has 0 aliphatic carbocycles. The molecule has 3 rings (SSSR count). The Balaban J connectivity index is 1.73. The van der Waals surface area contributed by atoms with Gasteiger partial charge in [0, 0.05) is 23.9 Å². The van der Waals surface area contributed by atoms with Gasteiger partial charge in [-0.3, -0.25) is 9.59 Å². The lowest BCUT2D eigenvalue weighted by Gasteiger charge is -2.19. The molecular formula is C17H19ClN4O3S. The highest BCUT2D eigenvalue weighted by Crippen LogP contribution is 2.35. The van der Waals surface area contributed by atoms with Gasteiger partial charge in [-0.2, -0.15) is 0 Å². The number of methoxy groups -OCH3 is 1. The van der Waals surface area contributed by atoms with Crippen molar-refractivity contribution < 1.29 is 14.3 Å². The molecule has 2 aromatic rings. The van der Waals surface area contributed by atoms with Gasteiger partial charge in [0.15, 0.2) is 0 Å². The number of benzene rings is 1. The van der Waals surface area contributed by atoms with E-state index in [1.165, 1.54) is 23.3 Å². The summed E-state index contributed by atoms with van der Waals surface area (Å²) in [4.78, 5) is 26.5. The zero-order valence-electron chi connectivity index (χ0n) is 14.7. The lowest BCUT2D eigenvalue weighted by Crippen LogP contribution is -2.28. The second-order valence-corrected chi connectivity index (χ2v) is 7.76. The molecule has 1 aliphatic heterocycles. The van der Waals surface area contributed by atoms with Crippen molar-refractivity contribution in [1.82, 2.24) is 10.2 Å². The average molecular weight is 395 g/mol. The first kappa shape index (κ1) is 18.6. The predicted molar refractivity (Wildman–Crippen MR) is 101 cm³/mol. The Kier molecular flexibility index (Phi) is 5.43. The molecular weight excluding hydrogens is 376 g/mol. The van der Waals surface area contributed by atoms with Crippen LogP contribution in [0.4, 0.5) is 10.8 Å². The third kappa shape index (κ3) is 3.81. The lowest BCUT2D eigenvalue weighted by atomic mass is 10.1. The molecule has 138 valence electrons. The maximum Gasteiger partial charge on any atom is 0.231 e. The molecule has 0 unspecified atom stereocenters. The van der Waals surface area contributed by atoms with Crippen LogP contribution in [0, 0.1) is 5.92 Å². The second kappa shape index (κ2) is 7.59. The Hall–Kier alpha value is -2.19. The summed E-state index contributed by atoms with van der Waals surface area (Å²) < 4.78 is 5.31. The van der Waals surface area contributed by atoms with Crippen LogP contribution >= 0.6 is 22.9 Å². The molecule has 0 bridgehead atoms. The van der Waals surface area contributed by atoms with Crippen LogP contribution in [0.5, 0.6) is 5.75 Å². The predicted octanol–water partition coefficient (Wildman–Crippen LogP) is 3.32. The largest absolute Gasteiger partial charge is 0.495 e. The van der Waals surface area contributed by atoms with Gasteiger partial charge in [0.1, 0.15) is 10.8 Å². The minimum Gasteiger partial charge on any atom is -0.495 e. The molecule has 1 atom stereocenters. The van der Waals surface area contributed by atoms with Crippen LogP contribution in [-0.4, -0.2) is 35.7 Å². The Morgan fingerprint density at radius 2 is 2.19 bits per heavy atom. The number of nitrogens with one attached hydrogen (secondary N) is 1. The number of carbonyl (C=O) groups excluding carboxylic acids is 2. The van der Waals surface area contributed by atoms with Crippen molar-refractivity contribution in [3.8, 4) is 5.75 Å². The van der Waals surface area contributed by atoms with Crippen LogP contribution in [0.15, 0.2) is 18.2 Å². The van der Waals surface area contributed by atoms with E-state index in [2.05, 4.69) is 15.5 Å². The molecule has 2 amide bonds. The average Bonchev–Trinajstić information content (AvgIpc) is 3.21. The van der Waals surface area contributed by atoms with E-state index in [9.17, 15) is 9.59 Å². The Bertz CT molecular complexity index is 839. The number of hydrogen-bond donors (Lipinski definition) is 1. The number of nitrogens with zero attached hydrogens (tertiary/aromatic N) is 3. The van der Waals surface area contributed by atoms with E-state index < -0.39 is 5.92 Å². The number of carbonyl (C=O) groups is 2. The zero-order chi connectivity index (χ0) is 18.8. The fourth-order valence-corrected chi connectivity index (χ4v) is 3.63. The number of anilines is 2. The molecule has 0 radical (unpaired) electrons. The van der Waals surface area contributed by atoms with Crippen LogP contribution in [0.1, 0.15) is 31.2 Å². The van der Waals surface area contributed by atoms with Crippen molar-refractivity contribution >= 4 is 45.6 Å². The normalized spacial score (nSPS) is 17.0. The van der Waals surface area contributed by atoms with Gasteiger partial charge in [-0.15, -0.1) is 10.2 Å². The van der Waals surface area contributed by atoms with Crippen molar-refractivity contribution in [2.24, 2.45) is 5.92 Å². The van der Waals surface area contributed by atoms with E-state index in [1.807, 2.05) is 13.8 Å². The van der Waals surface area contributed by atoms with Crippen LogP contribution < -0.4 is 15.0 Å². The molecule has 1 aromatic heterocycles. The zero-order valence-corrected chi connectivity index (χ0v) is 16.2. The first-order valence-electron chi connectivity index (χ1n) is 8.17. The molecule has 0 saturated carbocycles. The summed E-state index contributed by atoms with van der Waals surface area (Å²) in [7, 11) is 1.53. The maximum absolute atomic E-state index is 12.5. The van der Waals surface area contributed by atoms with Crippen LogP contribution in [0.3, 0.4) is 0 Å². The standard InChI is InChI=1S/C17H19ClN4O3S/c1-9(2)16-20-21-17(26-16)19-15(24)10-6-14(23)22(8-10)12-7-11(18)4-5-13(12)25-3/h4-5,7,9-10H,6,8H2,1-3H3,(H,19,21,24)/t10-/m0/s1. The molecule has 0 spiro atoms. The second-order valence-electron chi connectivity index (χ2n) is 6.31. The highest BCUT2D eigenvalue weighted by molar-refractivity contribution is 7.15. The summed E-state index contributed by atoms with van der Waals surface area (Å²) in [6.07, 6.45) is 0.122. The topological polar surface area (TPSA) is 84.4 Å². The highest BCUT2D eigenvalue weighted by atomic mass is 35.5. The third-order valence-corrected chi connectivity index (χ3v) is 5.47. The van der Waals surface area contributed by atoms with E-state index in [4.69, 9.17) is 16.3 Å². The van der Waals surface area contributed by atoms with E-state index in [1.54, 1.807) is 18.2 Å². The van der Waals surface area contributed by atoms with E-state index >= 15 is 0 Å². The molecule has 1 aromatic carbocycles. The summed E-state index contributed by atoms with van der Waals surface area (Å²) in [6, 6.07) is 5.06. The van der Waals surface area contributed by atoms with Crippen molar-refractivity contribution in [2.45, 2.75) is 26.2 Å². The van der Waals surface area contributed by atoms with E-state index in [0.29, 0.717) is 21.6 Å². The molecule has 1 fully saturated rings. The number of hydrogen-bond acceptors (Lipinski definition) is 6. The molecule has 26 heavy (non-hydrogen) atoms. The first-order valence-corrected chi connectivity index (χ1v) is 9.36. The SMILES string of the molecule is COc1ccc(Cl)cc1N1C[C@@H](C(=O)Nc2nnc(C(C)C)s2)CC1=O.